The third-order valence-corrected chi connectivity index (χ3v) is 3.05. The SMILES string of the molecule is C=CC(=O)N1CCN2CCNCC2C1. The summed E-state index contributed by atoms with van der Waals surface area (Å²) in [6, 6.07) is 0.501. The molecule has 0 spiro atoms. The van der Waals surface area contributed by atoms with Gasteiger partial charge in [-0.3, -0.25) is 9.69 Å². The fraction of sp³-hybridized carbons (Fsp3) is 0.700. The first-order valence-corrected chi connectivity index (χ1v) is 5.17. The Morgan fingerprint density at radius 3 is 3.07 bits per heavy atom. The van der Waals surface area contributed by atoms with Crippen molar-refractivity contribution in [3.8, 4) is 0 Å². The molecule has 0 bridgehead atoms. The molecule has 2 saturated heterocycles. The van der Waals surface area contributed by atoms with Gasteiger partial charge in [-0.1, -0.05) is 6.58 Å². The number of carbonyl (C=O) groups is 1. The first-order chi connectivity index (χ1) is 6.81. The van der Waals surface area contributed by atoms with Crippen LogP contribution in [-0.4, -0.2) is 61.0 Å². The zero-order chi connectivity index (χ0) is 9.97. The summed E-state index contributed by atoms with van der Waals surface area (Å²) >= 11 is 0. The fourth-order valence-electron chi connectivity index (χ4n) is 2.20. The van der Waals surface area contributed by atoms with Gasteiger partial charge in [-0.05, 0) is 6.08 Å². The summed E-state index contributed by atoms with van der Waals surface area (Å²) in [6.07, 6.45) is 1.41. The van der Waals surface area contributed by atoms with E-state index in [4.69, 9.17) is 0 Å². The lowest BCUT2D eigenvalue weighted by Gasteiger charge is -2.43. The van der Waals surface area contributed by atoms with Gasteiger partial charge in [0.15, 0.2) is 0 Å². The second kappa shape index (κ2) is 4.11. The van der Waals surface area contributed by atoms with Crippen LogP contribution in [0.1, 0.15) is 0 Å². The second-order valence-corrected chi connectivity index (χ2v) is 3.88. The minimum absolute atomic E-state index is 0.0650. The Hall–Kier alpha value is -0.870. The van der Waals surface area contributed by atoms with E-state index in [0.717, 1.165) is 39.3 Å². The summed E-state index contributed by atoms with van der Waals surface area (Å²) in [5.41, 5.74) is 0. The van der Waals surface area contributed by atoms with E-state index in [1.807, 2.05) is 4.90 Å². The van der Waals surface area contributed by atoms with Gasteiger partial charge >= 0.3 is 0 Å². The molecule has 0 aliphatic carbocycles. The zero-order valence-corrected chi connectivity index (χ0v) is 8.41. The Kier molecular flexibility index (Phi) is 2.84. The number of amides is 1. The zero-order valence-electron chi connectivity index (χ0n) is 8.41. The molecule has 78 valence electrons. The molecule has 0 radical (unpaired) electrons. The molecule has 0 saturated carbocycles. The molecule has 2 fully saturated rings. The van der Waals surface area contributed by atoms with E-state index in [1.54, 1.807) is 0 Å². The van der Waals surface area contributed by atoms with Crippen LogP contribution in [0.5, 0.6) is 0 Å². The molecular weight excluding hydrogens is 178 g/mol. The molecular formula is C10H17N3O. The number of carbonyl (C=O) groups excluding carboxylic acids is 1. The molecule has 0 aromatic carbocycles. The Morgan fingerprint density at radius 2 is 2.29 bits per heavy atom. The number of nitrogens with one attached hydrogen (secondary N) is 1. The number of rotatable bonds is 1. The van der Waals surface area contributed by atoms with Gasteiger partial charge in [0.05, 0.1) is 0 Å². The monoisotopic (exact) mass is 195 g/mol. The van der Waals surface area contributed by atoms with Crippen molar-refractivity contribution >= 4 is 5.91 Å². The van der Waals surface area contributed by atoms with Crippen molar-refractivity contribution in [1.82, 2.24) is 15.1 Å². The predicted octanol–water partition coefficient (Wildman–Crippen LogP) is -0.712. The lowest BCUT2D eigenvalue weighted by atomic mass is 10.1. The van der Waals surface area contributed by atoms with Gasteiger partial charge in [0.25, 0.3) is 0 Å². The van der Waals surface area contributed by atoms with Crippen molar-refractivity contribution in [3.05, 3.63) is 12.7 Å². The number of piperazine rings is 2. The third-order valence-electron chi connectivity index (χ3n) is 3.05. The summed E-state index contributed by atoms with van der Waals surface area (Å²) in [7, 11) is 0. The molecule has 1 atom stereocenters. The van der Waals surface area contributed by atoms with Gasteiger partial charge in [0, 0.05) is 45.3 Å². The van der Waals surface area contributed by atoms with E-state index < -0.39 is 0 Å². The highest BCUT2D eigenvalue weighted by atomic mass is 16.2. The Labute approximate surface area is 84.6 Å². The van der Waals surface area contributed by atoms with E-state index >= 15 is 0 Å². The molecule has 2 aliphatic heterocycles. The van der Waals surface area contributed by atoms with Crippen LogP contribution in [0.25, 0.3) is 0 Å². The fourth-order valence-corrected chi connectivity index (χ4v) is 2.20. The van der Waals surface area contributed by atoms with Crippen molar-refractivity contribution in [2.24, 2.45) is 0 Å². The van der Waals surface area contributed by atoms with Gasteiger partial charge < -0.3 is 10.2 Å². The van der Waals surface area contributed by atoms with Crippen LogP contribution in [0, 0.1) is 0 Å². The van der Waals surface area contributed by atoms with E-state index in [1.165, 1.54) is 6.08 Å². The van der Waals surface area contributed by atoms with Crippen LogP contribution >= 0.6 is 0 Å². The van der Waals surface area contributed by atoms with Crippen LogP contribution in [0.3, 0.4) is 0 Å². The molecule has 1 amide bonds. The molecule has 2 rings (SSSR count). The van der Waals surface area contributed by atoms with E-state index in [9.17, 15) is 4.79 Å². The van der Waals surface area contributed by atoms with E-state index in [2.05, 4.69) is 16.8 Å². The summed E-state index contributed by atoms with van der Waals surface area (Å²) in [6.45, 7) is 9.41. The van der Waals surface area contributed by atoms with E-state index in [-0.39, 0.29) is 5.91 Å². The normalized spacial score (nSPS) is 28.3. The van der Waals surface area contributed by atoms with Crippen LogP contribution in [0.15, 0.2) is 12.7 Å². The molecule has 1 unspecified atom stereocenters. The summed E-state index contributed by atoms with van der Waals surface area (Å²) in [4.78, 5) is 15.8. The largest absolute Gasteiger partial charge is 0.336 e. The highest BCUT2D eigenvalue weighted by Gasteiger charge is 2.29. The lowest BCUT2D eigenvalue weighted by Crippen LogP contribution is -2.61. The average Bonchev–Trinajstić information content (AvgIpc) is 2.27. The Morgan fingerprint density at radius 1 is 1.43 bits per heavy atom. The van der Waals surface area contributed by atoms with Gasteiger partial charge in [-0.2, -0.15) is 0 Å². The number of hydrogen-bond acceptors (Lipinski definition) is 3. The van der Waals surface area contributed by atoms with Crippen molar-refractivity contribution in [3.63, 3.8) is 0 Å². The maximum atomic E-state index is 11.4. The van der Waals surface area contributed by atoms with Crippen LogP contribution < -0.4 is 5.32 Å². The van der Waals surface area contributed by atoms with Crippen LogP contribution in [0.4, 0.5) is 0 Å². The lowest BCUT2D eigenvalue weighted by molar-refractivity contribution is -0.129. The topological polar surface area (TPSA) is 35.6 Å². The standard InChI is InChI=1S/C10H17N3O/c1-2-10(14)13-6-5-12-4-3-11-7-9(12)8-13/h2,9,11H,1,3-8H2. The molecule has 2 aliphatic rings. The molecule has 2 heterocycles. The van der Waals surface area contributed by atoms with Crippen molar-refractivity contribution < 1.29 is 4.79 Å². The smallest absolute Gasteiger partial charge is 0.246 e. The quantitative estimate of drug-likeness (QED) is 0.561. The molecule has 4 nitrogen and oxygen atoms in total. The molecule has 0 aromatic heterocycles. The minimum atomic E-state index is 0.0650. The first-order valence-electron chi connectivity index (χ1n) is 5.17. The molecule has 0 aromatic rings. The maximum Gasteiger partial charge on any atom is 0.246 e. The summed E-state index contributed by atoms with van der Waals surface area (Å²) < 4.78 is 0. The summed E-state index contributed by atoms with van der Waals surface area (Å²) in [5.74, 6) is 0.0650. The minimum Gasteiger partial charge on any atom is -0.336 e. The number of fused-ring (bicyclic) bond motifs is 1. The predicted molar refractivity (Wildman–Crippen MR) is 55.0 cm³/mol. The van der Waals surface area contributed by atoms with Gasteiger partial charge in [-0.15, -0.1) is 0 Å². The van der Waals surface area contributed by atoms with Gasteiger partial charge in [0.2, 0.25) is 5.91 Å². The number of nitrogens with zero attached hydrogens (tertiary/aromatic N) is 2. The number of hydrogen-bond donors (Lipinski definition) is 1. The van der Waals surface area contributed by atoms with Crippen LogP contribution in [-0.2, 0) is 4.79 Å². The third kappa shape index (κ3) is 1.81. The molecule has 1 N–H and O–H groups in total. The Balaban J connectivity index is 1.95. The average molecular weight is 195 g/mol. The first kappa shape index (κ1) is 9.68. The second-order valence-electron chi connectivity index (χ2n) is 3.88. The van der Waals surface area contributed by atoms with Crippen LogP contribution in [0.2, 0.25) is 0 Å². The van der Waals surface area contributed by atoms with Crippen molar-refractivity contribution in [2.75, 3.05) is 39.3 Å². The Bertz CT molecular complexity index is 242. The maximum absolute atomic E-state index is 11.4. The van der Waals surface area contributed by atoms with Gasteiger partial charge in [0.1, 0.15) is 0 Å². The van der Waals surface area contributed by atoms with E-state index in [0.29, 0.717) is 6.04 Å². The van der Waals surface area contributed by atoms with Crippen molar-refractivity contribution in [2.45, 2.75) is 6.04 Å². The highest BCUT2D eigenvalue weighted by Crippen LogP contribution is 2.11. The molecule has 4 heteroatoms. The molecule has 14 heavy (non-hydrogen) atoms. The summed E-state index contributed by atoms with van der Waals surface area (Å²) in [5, 5.41) is 3.36. The van der Waals surface area contributed by atoms with Crippen molar-refractivity contribution in [1.29, 1.82) is 0 Å². The van der Waals surface area contributed by atoms with Gasteiger partial charge in [-0.25, -0.2) is 0 Å². The highest BCUT2D eigenvalue weighted by molar-refractivity contribution is 5.87.